The highest BCUT2D eigenvalue weighted by atomic mass is 16.5. The van der Waals surface area contributed by atoms with Gasteiger partial charge in [-0.1, -0.05) is 213 Å². The molecule has 0 aliphatic heterocycles. The van der Waals surface area contributed by atoms with E-state index in [0.29, 0.717) is 19.3 Å². The lowest BCUT2D eigenvalue weighted by Crippen LogP contribution is -2.46. The fraction of sp³-hybridized carbons (Fsp3) is 0.956. The van der Waals surface area contributed by atoms with Crippen molar-refractivity contribution in [3.8, 4) is 0 Å². The zero-order valence-corrected chi connectivity index (χ0v) is 34.5. The molecular weight excluding hydrogens is 634 g/mol. The first-order valence-corrected chi connectivity index (χ1v) is 22.8. The Kier molecular flexibility index (Phi) is 39.2. The maximum atomic E-state index is 13.1. The highest BCUT2D eigenvalue weighted by molar-refractivity contribution is 5.77. The Labute approximate surface area is 317 Å². The molecule has 304 valence electrons. The summed E-state index contributed by atoms with van der Waals surface area (Å²) >= 11 is 0. The van der Waals surface area contributed by atoms with Gasteiger partial charge in [0.05, 0.1) is 25.2 Å². The molecule has 6 nitrogen and oxygen atoms in total. The largest absolute Gasteiger partial charge is 0.462 e. The van der Waals surface area contributed by atoms with Gasteiger partial charge in [0.2, 0.25) is 5.91 Å². The Bertz CT molecular complexity index is 731. The Morgan fingerprint density at radius 1 is 0.490 bits per heavy atom. The van der Waals surface area contributed by atoms with Crippen LogP contribution < -0.4 is 5.32 Å². The summed E-state index contributed by atoms with van der Waals surface area (Å²) in [4.78, 5) is 25.9. The molecule has 0 radical (unpaired) electrons. The topological polar surface area (TPSA) is 95.9 Å². The van der Waals surface area contributed by atoms with E-state index in [4.69, 9.17) is 4.74 Å². The quantitative estimate of drug-likeness (QED) is 0.0431. The minimum atomic E-state index is -0.776. The summed E-state index contributed by atoms with van der Waals surface area (Å²) in [5.74, 6) is -0.460. The van der Waals surface area contributed by atoms with E-state index in [0.717, 1.165) is 44.9 Å². The molecule has 0 saturated carbocycles. The monoisotopic (exact) mass is 724 g/mol. The zero-order chi connectivity index (χ0) is 37.5. The maximum absolute atomic E-state index is 13.1. The average molecular weight is 724 g/mol. The van der Waals surface area contributed by atoms with Crippen molar-refractivity contribution in [2.75, 3.05) is 6.61 Å². The molecule has 3 unspecified atom stereocenters. The van der Waals surface area contributed by atoms with Crippen LogP contribution in [0.3, 0.4) is 0 Å². The summed E-state index contributed by atoms with van der Waals surface area (Å²) in [5, 5.41) is 23.5. The Morgan fingerprint density at radius 2 is 0.824 bits per heavy atom. The minimum absolute atomic E-state index is 0.0863. The molecule has 0 heterocycles. The lowest BCUT2D eigenvalue weighted by atomic mass is 10.0. The number of aliphatic hydroxyl groups excluding tert-OH is 2. The van der Waals surface area contributed by atoms with Gasteiger partial charge in [-0.25, -0.2) is 0 Å². The molecule has 0 bridgehead atoms. The van der Waals surface area contributed by atoms with Gasteiger partial charge in [0.1, 0.15) is 6.10 Å². The van der Waals surface area contributed by atoms with E-state index in [2.05, 4.69) is 26.1 Å². The minimum Gasteiger partial charge on any atom is -0.462 e. The van der Waals surface area contributed by atoms with Crippen LogP contribution in [-0.2, 0) is 14.3 Å². The van der Waals surface area contributed by atoms with Crippen molar-refractivity contribution < 1.29 is 24.5 Å². The van der Waals surface area contributed by atoms with E-state index in [1.807, 2.05) is 0 Å². The lowest BCUT2D eigenvalue weighted by molar-refractivity contribution is -0.151. The van der Waals surface area contributed by atoms with Crippen molar-refractivity contribution in [3.05, 3.63) is 0 Å². The molecule has 1 amide bonds. The van der Waals surface area contributed by atoms with Crippen molar-refractivity contribution >= 4 is 11.9 Å². The standard InChI is InChI=1S/C45H89NO5/c1-4-7-10-13-16-19-21-22-23-26-29-32-35-38-45(50)51-41(36-33-30-27-25-20-17-14-11-8-5-2)39-44(49)46-42(40-47)43(48)37-34-31-28-24-18-15-12-9-6-3/h41-43,47-48H,4-40H2,1-3H3,(H,46,49). The van der Waals surface area contributed by atoms with E-state index >= 15 is 0 Å². The van der Waals surface area contributed by atoms with Gasteiger partial charge in [-0.2, -0.15) is 0 Å². The highest BCUT2D eigenvalue weighted by Gasteiger charge is 2.24. The van der Waals surface area contributed by atoms with Gasteiger partial charge in [-0.15, -0.1) is 0 Å². The first kappa shape index (κ1) is 49.9. The molecule has 0 aromatic rings. The van der Waals surface area contributed by atoms with Crippen molar-refractivity contribution in [3.63, 3.8) is 0 Å². The van der Waals surface area contributed by atoms with Crippen molar-refractivity contribution in [1.29, 1.82) is 0 Å². The molecule has 0 rings (SSSR count). The third-order valence-electron chi connectivity index (χ3n) is 10.7. The number of nitrogens with one attached hydrogen (secondary N) is 1. The summed E-state index contributed by atoms with van der Waals surface area (Å²) in [6.07, 6.45) is 40.2. The molecule has 0 aromatic heterocycles. The summed E-state index contributed by atoms with van der Waals surface area (Å²) in [7, 11) is 0. The molecule has 6 heteroatoms. The zero-order valence-electron chi connectivity index (χ0n) is 34.5. The normalized spacial score (nSPS) is 13.3. The number of aliphatic hydroxyl groups is 2. The molecule has 0 saturated heterocycles. The third kappa shape index (κ3) is 35.6. The van der Waals surface area contributed by atoms with Crippen LogP contribution in [0.4, 0.5) is 0 Å². The number of carbonyl (C=O) groups excluding carboxylic acids is 2. The number of unbranched alkanes of at least 4 members (excludes halogenated alkanes) is 29. The second-order valence-corrected chi connectivity index (χ2v) is 15.8. The number of carbonyl (C=O) groups is 2. The molecule has 0 aromatic carbocycles. The number of esters is 1. The first-order valence-electron chi connectivity index (χ1n) is 22.8. The Balaban J connectivity index is 4.52. The molecule has 51 heavy (non-hydrogen) atoms. The van der Waals surface area contributed by atoms with E-state index in [9.17, 15) is 19.8 Å². The van der Waals surface area contributed by atoms with Crippen LogP contribution in [0.25, 0.3) is 0 Å². The number of hydrogen-bond acceptors (Lipinski definition) is 5. The molecule has 3 N–H and O–H groups in total. The Hall–Kier alpha value is -1.14. The van der Waals surface area contributed by atoms with E-state index < -0.39 is 18.2 Å². The summed E-state index contributed by atoms with van der Waals surface area (Å²) in [6, 6.07) is -0.689. The number of rotatable bonds is 41. The summed E-state index contributed by atoms with van der Waals surface area (Å²) in [6.45, 7) is 6.46. The summed E-state index contributed by atoms with van der Waals surface area (Å²) < 4.78 is 5.89. The van der Waals surface area contributed by atoms with E-state index in [-0.39, 0.29) is 24.9 Å². The molecule has 0 aliphatic carbocycles. The van der Waals surface area contributed by atoms with Gasteiger partial charge in [0, 0.05) is 6.42 Å². The SMILES string of the molecule is CCCCCCCCCCCCCCCC(=O)OC(CCCCCCCCCCCC)CC(=O)NC(CO)C(O)CCCCCCCCCCC. The predicted octanol–water partition coefficient (Wildman–Crippen LogP) is 12.8. The molecule has 0 aliphatic rings. The molecule has 0 spiro atoms. The van der Waals surface area contributed by atoms with Crippen LogP contribution in [-0.4, -0.2) is 46.9 Å². The summed E-state index contributed by atoms with van der Waals surface area (Å²) in [5.41, 5.74) is 0. The van der Waals surface area contributed by atoms with Crippen molar-refractivity contribution in [1.82, 2.24) is 5.32 Å². The van der Waals surface area contributed by atoms with Gasteiger partial charge in [0.15, 0.2) is 0 Å². The van der Waals surface area contributed by atoms with Gasteiger partial charge >= 0.3 is 5.97 Å². The van der Waals surface area contributed by atoms with Crippen molar-refractivity contribution in [2.45, 2.75) is 270 Å². The molecular formula is C45H89NO5. The van der Waals surface area contributed by atoms with Crippen LogP contribution in [0.15, 0.2) is 0 Å². The number of amides is 1. The average Bonchev–Trinajstić information content (AvgIpc) is 3.12. The van der Waals surface area contributed by atoms with E-state index in [1.54, 1.807) is 0 Å². The highest BCUT2D eigenvalue weighted by Crippen LogP contribution is 2.18. The number of hydrogen-bond donors (Lipinski definition) is 3. The van der Waals surface area contributed by atoms with Crippen LogP contribution in [0.5, 0.6) is 0 Å². The number of ether oxygens (including phenoxy) is 1. The van der Waals surface area contributed by atoms with Crippen LogP contribution in [0, 0.1) is 0 Å². The van der Waals surface area contributed by atoms with Gasteiger partial charge in [-0.3, -0.25) is 9.59 Å². The van der Waals surface area contributed by atoms with E-state index in [1.165, 1.54) is 161 Å². The van der Waals surface area contributed by atoms with Gasteiger partial charge in [-0.05, 0) is 25.7 Å². The molecule has 3 atom stereocenters. The lowest BCUT2D eigenvalue weighted by Gasteiger charge is -2.24. The predicted molar refractivity (Wildman–Crippen MR) is 218 cm³/mol. The third-order valence-corrected chi connectivity index (χ3v) is 10.7. The van der Waals surface area contributed by atoms with Crippen LogP contribution in [0.2, 0.25) is 0 Å². The first-order chi connectivity index (χ1) is 25.0. The second-order valence-electron chi connectivity index (χ2n) is 15.8. The fourth-order valence-corrected chi connectivity index (χ4v) is 7.20. The van der Waals surface area contributed by atoms with Crippen LogP contribution in [0.1, 0.15) is 252 Å². The van der Waals surface area contributed by atoms with Gasteiger partial charge < -0.3 is 20.3 Å². The smallest absolute Gasteiger partial charge is 0.306 e. The fourth-order valence-electron chi connectivity index (χ4n) is 7.20. The van der Waals surface area contributed by atoms with Gasteiger partial charge in [0.25, 0.3) is 0 Å². The van der Waals surface area contributed by atoms with Crippen LogP contribution >= 0.6 is 0 Å². The van der Waals surface area contributed by atoms with Crippen molar-refractivity contribution in [2.24, 2.45) is 0 Å². The maximum Gasteiger partial charge on any atom is 0.306 e. The Morgan fingerprint density at radius 3 is 1.20 bits per heavy atom. The second kappa shape index (κ2) is 40.1. The molecule has 0 fully saturated rings.